The Bertz CT molecular complexity index is 348. The quantitative estimate of drug-likeness (QED) is 0.716. The van der Waals surface area contributed by atoms with Crippen LogP contribution in [0, 0.1) is 13.8 Å². The Morgan fingerprint density at radius 1 is 1.38 bits per heavy atom. The molecular formula is C13H23N3. The van der Waals surface area contributed by atoms with E-state index in [4.69, 9.17) is 0 Å². The topological polar surface area (TPSA) is 30.2 Å². The zero-order valence-electron chi connectivity index (χ0n) is 11.1. The first kappa shape index (κ1) is 14.6. The number of hydrogen-bond donors (Lipinski definition) is 0. The van der Waals surface area contributed by atoms with Gasteiger partial charge in [0.25, 0.3) is 0 Å². The molecule has 0 atom stereocenters. The molecule has 0 radical (unpaired) electrons. The van der Waals surface area contributed by atoms with Gasteiger partial charge in [-0.05, 0) is 20.3 Å². The minimum atomic E-state index is 0.918. The highest BCUT2D eigenvalue weighted by atomic mass is 15.1. The highest BCUT2D eigenvalue weighted by Crippen LogP contribution is 2.09. The normalized spacial score (nSPS) is 10.1. The van der Waals surface area contributed by atoms with E-state index in [0.29, 0.717) is 0 Å². The molecule has 0 aromatic carbocycles. The van der Waals surface area contributed by atoms with Crippen LogP contribution in [0.5, 0.6) is 0 Å². The molecule has 1 aromatic rings. The molecule has 0 N–H and O–H groups in total. The summed E-state index contributed by atoms with van der Waals surface area (Å²) in [5, 5.41) is 0. The molecule has 0 aliphatic carbocycles. The van der Waals surface area contributed by atoms with Crippen LogP contribution in [-0.4, -0.2) is 15.8 Å². The van der Waals surface area contributed by atoms with Crippen LogP contribution in [0.25, 0.3) is 0 Å². The zero-order valence-corrected chi connectivity index (χ0v) is 11.1. The first-order valence-electron chi connectivity index (χ1n) is 5.88. The Hall–Kier alpha value is -1.38. The second-order valence-electron chi connectivity index (χ2n) is 3.25. The van der Waals surface area contributed by atoms with E-state index in [2.05, 4.69) is 35.0 Å². The van der Waals surface area contributed by atoms with E-state index in [0.717, 1.165) is 24.5 Å². The third kappa shape index (κ3) is 3.65. The molecule has 1 aromatic heterocycles. The maximum atomic E-state index is 4.43. The van der Waals surface area contributed by atoms with Gasteiger partial charge in [-0.1, -0.05) is 27.4 Å². The molecule has 16 heavy (non-hydrogen) atoms. The molecule has 1 heterocycles. The van der Waals surface area contributed by atoms with E-state index >= 15 is 0 Å². The maximum absolute atomic E-state index is 4.43. The van der Waals surface area contributed by atoms with Crippen LogP contribution in [0.4, 0.5) is 0 Å². The Kier molecular flexibility index (Phi) is 7.18. The van der Waals surface area contributed by atoms with Gasteiger partial charge in [-0.25, -0.2) is 4.98 Å². The molecule has 0 unspecified atom stereocenters. The number of aryl methyl sites for hydroxylation is 1. The molecule has 0 fully saturated rings. The molecule has 0 bridgehead atoms. The van der Waals surface area contributed by atoms with Crippen LogP contribution >= 0.6 is 0 Å². The molecule has 0 spiro atoms. The van der Waals surface area contributed by atoms with Crippen molar-refractivity contribution in [2.75, 3.05) is 0 Å². The summed E-state index contributed by atoms with van der Waals surface area (Å²) in [5.74, 6) is 0.918. The Balaban J connectivity index is 0.00000106. The van der Waals surface area contributed by atoms with Crippen molar-refractivity contribution in [1.82, 2.24) is 9.55 Å². The number of nitrogens with zero attached hydrogens (tertiary/aromatic N) is 3. The first-order chi connectivity index (χ1) is 7.70. The number of aromatic nitrogens is 2. The monoisotopic (exact) mass is 221 g/mol. The predicted molar refractivity (Wildman–Crippen MR) is 71.1 cm³/mol. The second kappa shape index (κ2) is 7.85. The number of rotatable bonds is 4. The lowest BCUT2D eigenvalue weighted by molar-refractivity contribution is 0.657. The minimum Gasteiger partial charge on any atom is -0.327 e. The molecular weight excluding hydrogens is 198 g/mol. The van der Waals surface area contributed by atoms with Gasteiger partial charge in [-0.15, -0.1) is 0 Å². The molecule has 3 heteroatoms. The van der Waals surface area contributed by atoms with Crippen LogP contribution < -0.4 is 0 Å². The molecule has 0 aliphatic heterocycles. The third-order valence-corrected chi connectivity index (χ3v) is 2.23. The van der Waals surface area contributed by atoms with Crippen LogP contribution in [0.2, 0.25) is 0 Å². The molecule has 0 amide bonds. The Morgan fingerprint density at radius 2 is 2.00 bits per heavy atom. The van der Waals surface area contributed by atoms with Crippen LogP contribution in [0.3, 0.4) is 0 Å². The average Bonchev–Trinajstić information content (AvgIpc) is 2.57. The summed E-state index contributed by atoms with van der Waals surface area (Å²) in [5.41, 5.74) is 2.29. The van der Waals surface area contributed by atoms with Crippen molar-refractivity contribution in [2.45, 2.75) is 47.6 Å². The van der Waals surface area contributed by atoms with E-state index in [1.165, 1.54) is 11.9 Å². The van der Waals surface area contributed by atoms with Gasteiger partial charge in [-0.3, -0.25) is 4.99 Å². The molecule has 0 aliphatic rings. The summed E-state index contributed by atoms with van der Waals surface area (Å²) in [4.78, 5) is 8.43. The van der Waals surface area contributed by atoms with Gasteiger partial charge >= 0.3 is 0 Å². The van der Waals surface area contributed by atoms with Gasteiger partial charge in [0.05, 0.1) is 11.9 Å². The number of hydrogen-bond acceptors (Lipinski definition) is 2. The van der Waals surface area contributed by atoms with Crippen LogP contribution in [0.1, 0.15) is 44.4 Å². The van der Waals surface area contributed by atoms with Crippen molar-refractivity contribution in [3.05, 3.63) is 30.0 Å². The van der Waals surface area contributed by atoms with Gasteiger partial charge in [0.15, 0.2) is 5.82 Å². The fourth-order valence-corrected chi connectivity index (χ4v) is 1.40. The summed E-state index contributed by atoms with van der Waals surface area (Å²) in [6.45, 7) is 14.8. The molecule has 3 nitrogen and oxygen atoms in total. The Morgan fingerprint density at radius 3 is 2.50 bits per heavy atom. The highest BCUT2D eigenvalue weighted by Gasteiger charge is 2.07. The van der Waals surface area contributed by atoms with Gasteiger partial charge in [0.2, 0.25) is 0 Å². The van der Waals surface area contributed by atoms with Gasteiger partial charge in [0.1, 0.15) is 0 Å². The Labute approximate surface area is 98.9 Å². The van der Waals surface area contributed by atoms with Crippen molar-refractivity contribution in [2.24, 2.45) is 4.99 Å². The lowest BCUT2D eigenvalue weighted by atomic mass is 10.3. The molecule has 90 valence electrons. The number of imidazole rings is 1. The molecule has 0 saturated heterocycles. The summed E-state index contributed by atoms with van der Waals surface area (Å²) in [6.07, 6.45) is 4.38. The van der Waals surface area contributed by atoms with E-state index < -0.39 is 0 Å². The van der Waals surface area contributed by atoms with Crippen molar-refractivity contribution in [3.63, 3.8) is 0 Å². The first-order valence-corrected chi connectivity index (χ1v) is 5.88. The van der Waals surface area contributed by atoms with E-state index in [1.807, 2.05) is 20.8 Å². The van der Waals surface area contributed by atoms with Crippen LogP contribution in [0.15, 0.2) is 17.8 Å². The molecule has 1 rings (SSSR count). The van der Waals surface area contributed by atoms with E-state index in [1.54, 1.807) is 6.21 Å². The summed E-state index contributed by atoms with van der Waals surface area (Å²) >= 11 is 0. The number of aliphatic imine (C=N–C) groups is 1. The predicted octanol–water partition coefficient (Wildman–Crippen LogP) is 3.50. The highest BCUT2D eigenvalue weighted by molar-refractivity contribution is 5.75. The van der Waals surface area contributed by atoms with E-state index in [9.17, 15) is 0 Å². The zero-order chi connectivity index (χ0) is 12.6. The average molecular weight is 221 g/mol. The van der Waals surface area contributed by atoms with Crippen molar-refractivity contribution >= 4 is 6.21 Å². The van der Waals surface area contributed by atoms with E-state index in [-0.39, 0.29) is 0 Å². The van der Waals surface area contributed by atoms with Crippen molar-refractivity contribution in [3.8, 4) is 0 Å². The lowest BCUT2D eigenvalue weighted by Gasteiger charge is -2.04. The van der Waals surface area contributed by atoms with Gasteiger partial charge < -0.3 is 4.57 Å². The smallest absolute Gasteiger partial charge is 0.151 e. The summed E-state index contributed by atoms with van der Waals surface area (Å²) in [7, 11) is 0. The van der Waals surface area contributed by atoms with Crippen LogP contribution in [-0.2, 0) is 6.54 Å². The van der Waals surface area contributed by atoms with Crippen molar-refractivity contribution in [1.29, 1.82) is 0 Å². The fourth-order valence-electron chi connectivity index (χ4n) is 1.40. The fraction of sp³-hybridized carbons (Fsp3) is 0.538. The van der Waals surface area contributed by atoms with Crippen molar-refractivity contribution < 1.29 is 0 Å². The lowest BCUT2D eigenvalue weighted by Crippen LogP contribution is -2.04. The third-order valence-electron chi connectivity index (χ3n) is 2.23. The largest absolute Gasteiger partial charge is 0.327 e. The summed E-state index contributed by atoms with van der Waals surface area (Å²) < 4.78 is 2.18. The maximum Gasteiger partial charge on any atom is 0.151 e. The standard InChI is InChI=1S/C11H17N3.C2H6/c1-5-7-14-10(4)9(3)13-11(14)8-12-6-2;1-2/h6,8H,2,5,7H2,1,3-4H3;1-2H3. The summed E-state index contributed by atoms with van der Waals surface area (Å²) in [6, 6.07) is 0. The minimum absolute atomic E-state index is 0.918. The van der Waals surface area contributed by atoms with Gasteiger partial charge in [-0.2, -0.15) is 0 Å². The second-order valence-corrected chi connectivity index (χ2v) is 3.25. The van der Waals surface area contributed by atoms with Gasteiger partial charge in [0, 0.05) is 18.4 Å². The SMILES string of the molecule is C=CN=Cc1nc(C)c(C)n1CCC.CC. The molecule has 0 saturated carbocycles.